The fourth-order valence-electron chi connectivity index (χ4n) is 2.95. The van der Waals surface area contributed by atoms with E-state index in [4.69, 9.17) is 4.74 Å². The Bertz CT molecular complexity index is 691. The van der Waals surface area contributed by atoms with E-state index in [0.717, 1.165) is 20.8 Å². The van der Waals surface area contributed by atoms with Gasteiger partial charge in [-0.3, -0.25) is 14.3 Å². The normalized spacial score (nSPS) is 16.2. The van der Waals surface area contributed by atoms with E-state index in [1.54, 1.807) is 0 Å². The molecule has 0 aromatic carbocycles. The van der Waals surface area contributed by atoms with Crippen LogP contribution in [0.4, 0.5) is 0 Å². The topological polar surface area (TPSA) is 64.4 Å². The number of aromatic nitrogens is 2. The Morgan fingerprint density at radius 1 is 1.36 bits per heavy atom. The van der Waals surface area contributed by atoms with Gasteiger partial charge in [0, 0.05) is 25.5 Å². The van der Waals surface area contributed by atoms with Gasteiger partial charge in [0.1, 0.15) is 4.83 Å². The third-order valence-corrected chi connectivity index (χ3v) is 5.41. The molecule has 6 nitrogen and oxygen atoms in total. The Morgan fingerprint density at radius 3 is 2.64 bits per heavy atom. The van der Waals surface area contributed by atoms with Crippen LogP contribution in [0.5, 0.6) is 0 Å². The number of ether oxygens (including phenoxy) is 1. The zero-order chi connectivity index (χ0) is 15.9. The van der Waals surface area contributed by atoms with Crippen molar-refractivity contribution < 1.29 is 14.3 Å². The summed E-state index contributed by atoms with van der Waals surface area (Å²) in [5, 5.41) is 5.39. The number of nitrogens with zero attached hydrogens (tertiary/aromatic N) is 3. The Kier molecular flexibility index (Phi) is 3.90. The van der Waals surface area contributed by atoms with Gasteiger partial charge in [-0.05, 0) is 25.8 Å². The molecule has 1 aliphatic rings. The summed E-state index contributed by atoms with van der Waals surface area (Å²) in [5.74, 6) is -0.206. The molecule has 0 saturated carbocycles. The van der Waals surface area contributed by atoms with E-state index in [2.05, 4.69) is 5.10 Å². The highest BCUT2D eigenvalue weighted by Gasteiger charge is 2.29. The van der Waals surface area contributed by atoms with E-state index < -0.39 is 0 Å². The van der Waals surface area contributed by atoms with Crippen molar-refractivity contribution in [2.45, 2.75) is 19.8 Å². The fraction of sp³-hybridized carbons (Fsp3) is 0.533. The first-order valence-corrected chi connectivity index (χ1v) is 8.13. The number of thiophene rings is 1. The van der Waals surface area contributed by atoms with Crippen LogP contribution in [0.2, 0.25) is 0 Å². The monoisotopic (exact) mass is 321 g/mol. The molecule has 1 saturated heterocycles. The highest BCUT2D eigenvalue weighted by atomic mass is 32.1. The van der Waals surface area contributed by atoms with Gasteiger partial charge in [0.15, 0.2) is 0 Å². The molecule has 7 heteroatoms. The number of likely N-dealkylation sites (tertiary alicyclic amines) is 1. The van der Waals surface area contributed by atoms with Crippen LogP contribution in [0.25, 0.3) is 10.2 Å². The van der Waals surface area contributed by atoms with Crippen LogP contribution < -0.4 is 0 Å². The third-order valence-electron chi connectivity index (χ3n) is 4.22. The number of hydrogen-bond donors (Lipinski definition) is 0. The second-order valence-electron chi connectivity index (χ2n) is 5.63. The summed E-state index contributed by atoms with van der Waals surface area (Å²) >= 11 is 1.48. The number of carbonyl (C=O) groups is 2. The highest BCUT2D eigenvalue weighted by Crippen LogP contribution is 2.29. The van der Waals surface area contributed by atoms with Gasteiger partial charge < -0.3 is 9.64 Å². The van der Waals surface area contributed by atoms with Gasteiger partial charge in [0.05, 0.1) is 23.6 Å². The number of amides is 1. The quantitative estimate of drug-likeness (QED) is 0.793. The molecule has 1 fully saturated rings. The number of piperidine rings is 1. The summed E-state index contributed by atoms with van der Waals surface area (Å²) in [6.07, 6.45) is 1.34. The van der Waals surface area contributed by atoms with Crippen LogP contribution >= 0.6 is 11.3 Å². The average Bonchev–Trinajstić information content (AvgIpc) is 3.08. The summed E-state index contributed by atoms with van der Waals surface area (Å²) in [5.41, 5.74) is 0.942. The maximum absolute atomic E-state index is 12.6. The van der Waals surface area contributed by atoms with Gasteiger partial charge in [-0.15, -0.1) is 11.3 Å². The van der Waals surface area contributed by atoms with Crippen LogP contribution in [0, 0.1) is 12.8 Å². The molecule has 0 bridgehead atoms. The minimum Gasteiger partial charge on any atom is -0.469 e. The van der Waals surface area contributed by atoms with Crippen LogP contribution in [0.15, 0.2) is 6.07 Å². The van der Waals surface area contributed by atoms with Crippen molar-refractivity contribution in [3.8, 4) is 0 Å². The predicted molar refractivity (Wildman–Crippen MR) is 84.0 cm³/mol. The SMILES string of the molecule is COC(=O)C1CCN(C(=O)c2cc3c(C)nn(C)c3s2)CC1. The van der Waals surface area contributed by atoms with Crippen molar-refractivity contribution in [3.05, 3.63) is 16.6 Å². The van der Waals surface area contributed by atoms with Crippen molar-refractivity contribution in [2.24, 2.45) is 13.0 Å². The summed E-state index contributed by atoms with van der Waals surface area (Å²) in [7, 11) is 3.30. The molecule has 0 aliphatic carbocycles. The molecule has 1 aliphatic heterocycles. The summed E-state index contributed by atoms with van der Waals surface area (Å²) in [4.78, 5) is 27.7. The molecule has 0 unspecified atom stereocenters. The smallest absolute Gasteiger partial charge is 0.308 e. The number of carbonyl (C=O) groups excluding carboxylic acids is 2. The molecule has 0 spiro atoms. The van der Waals surface area contributed by atoms with E-state index in [9.17, 15) is 9.59 Å². The zero-order valence-electron chi connectivity index (χ0n) is 13.0. The number of rotatable bonds is 2. The van der Waals surface area contributed by atoms with Gasteiger partial charge in [0.2, 0.25) is 0 Å². The van der Waals surface area contributed by atoms with E-state index in [1.165, 1.54) is 18.4 Å². The lowest BCUT2D eigenvalue weighted by atomic mass is 9.97. The number of methoxy groups -OCH3 is 1. The van der Waals surface area contributed by atoms with E-state index in [-0.39, 0.29) is 17.8 Å². The van der Waals surface area contributed by atoms with Crippen LogP contribution in [-0.2, 0) is 16.6 Å². The first-order valence-electron chi connectivity index (χ1n) is 7.31. The average molecular weight is 321 g/mol. The molecular weight excluding hydrogens is 302 g/mol. The Balaban J connectivity index is 1.74. The van der Waals surface area contributed by atoms with E-state index >= 15 is 0 Å². The fourth-order valence-corrected chi connectivity index (χ4v) is 4.04. The second-order valence-corrected chi connectivity index (χ2v) is 6.66. The zero-order valence-corrected chi connectivity index (χ0v) is 13.8. The first-order chi connectivity index (χ1) is 10.5. The maximum atomic E-state index is 12.6. The number of hydrogen-bond acceptors (Lipinski definition) is 5. The van der Waals surface area contributed by atoms with Crippen molar-refractivity contribution in [1.29, 1.82) is 0 Å². The van der Waals surface area contributed by atoms with Crippen LogP contribution in [-0.4, -0.2) is 46.8 Å². The Labute approximate surface area is 132 Å². The molecule has 22 heavy (non-hydrogen) atoms. The van der Waals surface area contributed by atoms with Crippen molar-refractivity contribution in [3.63, 3.8) is 0 Å². The van der Waals surface area contributed by atoms with Crippen molar-refractivity contribution >= 4 is 33.4 Å². The Hall–Kier alpha value is -1.89. The molecular formula is C15H19N3O3S. The largest absolute Gasteiger partial charge is 0.469 e. The Morgan fingerprint density at radius 2 is 2.05 bits per heavy atom. The molecule has 118 valence electrons. The number of esters is 1. The first kappa shape index (κ1) is 15.0. The highest BCUT2D eigenvalue weighted by molar-refractivity contribution is 7.20. The van der Waals surface area contributed by atoms with E-state index in [0.29, 0.717) is 25.9 Å². The minimum atomic E-state index is -0.171. The summed E-state index contributed by atoms with van der Waals surface area (Å²) in [6, 6.07) is 1.93. The van der Waals surface area contributed by atoms with Crippen LogP contribution in [0.1, 0.15) is 28.2 Å². The van der Waals surface area contributed by atoms with Crippen LogP contribution in [0.3, 0.4) is 0 Å². The summed E-state index contributed by atoms with van der Waals surface area (Å²) in [6.45, 7) is 3.15. The van der Waals surface area contributed by atoms with Gasteiger partial charge in [-0.25, -0.2) is 0 Å². The third kappa shape index (κ3) is 2.49. The summed E-state index contributed by atoms with van der Waals surface area (Å²) < 4.78 is 6.59. The molecule has 3 heterocycles. The van der Waals surface area contributed by atoms with Gasteiger partial charge in [-0.1, -0.05) is 0 Å². The molecule has 0 N–H and O–H groups in total. The number of fused-ring (bicyclic) bond motifs is 1. The molecule has 1 amide bonds. The lowest BCUT2D eigenvalue weighted by Crippen LogP contribution is -2.40. The van der Waals surface area contributed by atoms with Gasteiger partial charge in [-0.2, -0.15) is 5.10 Å². The van der Waals surface area contributed by atoms with Crippen molar-refractivity contribution in [1.82, 2.24) is 14.7 Å². The lowest BCUT2D eigenvalue weighted by Gasteiger charge is -2.30. The standard InChI is InChI=1S/C15H19N3O3S/c1-9-11-8-12(22-14(11)17(2)16-9)13(19)18-6-4-10(5-7-18)15(20)21-3/h8,10H,4-7H2,1-3H3. The van der Waals surface area contributed by atoms with E-state index in [1.807, 2.05) is 29.6 Å². The number of aryl methyl sites for hydroxylation is 2. The molecule has 3 rings (SSSR count). The molecule has 2 aromatic heterocycles. The molecule has 0 atom stereocenters. The minimum absolute atomic E-state index is 0.0453. The maximum Gasteiger partial charge on any atom is 0.308 e. The van der Waals surface area contributed by atoms with Gasteiger partial charge in [0.25, 0.3) is 5.91 Å². The van der Waals surface area contributed by atoms with Crippen molar-refractivity contribution in [2.75, 3.05) is 20.2 Å². The second kappa shape index (κ2) is 5.72. The molecule has 2 aromatic rings. The predicted octanol–water partition coefficient (Wildman–Crippen LogP) is 1.97. The van der Waals surface area contributed by atoms with Gasteiger partial charge >= 0.3 is 5.97 Å². The molecule has 0 radical (unpaired) electrons. The lowest BCUT2D eigenvalue weighted by molar-refractivity contribution is -0.146.